The molecule has 130 valence electrons. The van der Waals surface area contributed by atoms with Crippen molar-refractivity contribution < 1.29 is 14.3 Å². The molecule has 0 saturated carbocycles. The maximum Gasteiger partial charge on any atom is 0.262 e. The molecule has 2 aromatic rings. The Balaban J connectivity index is 1.61. The van der Waals surface area contributed by atoms with Crippen LogP contribution >= 0.6 is 27.5 Å². The molecule has 0 atom stereocenters. The van der Waals surface area contributed by atoms with E-state index in [4.69, 9.17) is 16.3 Å². The molecule has 0 aromatic heterocycles. The fourth-order valence-corrected chi connectivity index (χ4v) is 3.11. The standard InChI is InChI=1S/C18H16BrClN2O3/c19-12-6-7-15(20)16(9-12)25-11-17(23)21-13-3-1-4-14(10-13)22-8-2-5-18(22)24/h1,3-4,6-7,9-10H,2,5,8,11H2,(H,21,23). The molecule has 1 fully saturated rings. The number of amides is 2. The average Bonchev–Trinajstić information content (AvgIpc) is 3.02. The lowest BCUT2D eigenvalue weighted by Crippen LogP contribution is -2.24. The van der Waals surface area contributed by atoms with Crippen LogP contribution in [0.4, 0.5) is 11.4 Å². The fourth-order valence-electron chi connectivity index (χ4n) is 2.60. The van der Waals surface area contributed by atoms with E-state index in [0.29, 0.717) is 29.4 Å². The largest absolute Gasteiger partial charge is 0.482 e. The van der Waals surface area contributed by atoms with Gasteiger partial charge in [0.05, 0.1) is 5.02 Å². The zero-order valence-electron chi connectivity index (χ0n) is 13.3. The van der Waals surface area contributed by atoms with Crippen LogP contribution in [-0.4, -0.2) is 25.0 Å². The predicted molar refractivity (Wildman–Crippen MR) is 101 cm³/mol. The van der Waals surface area contributed by atoms with Crippen LogP contribution in [0, 0.1) is 0 Å². The van der Waals surface area contributed by atoms with Crippen molar-refractivity contribution in [3.8, 4) is 5.75 Å². The molecule has 0 spiro atoms. The smallest absolute Gasteiger partial charge is 0.262 e. The molecule has 1 heterocycles. The van der Waals surface area contributed by atoms with E-state index in [-0.39, 0.29) is 18.4 Å². The van der Waals surface area contributed by atoms with E-state index in [2.05, 4.69) is 21.2 Å². The number of hydrogen-bond acceptors (Lipinski definition) is 3. The van der Waals surface area contributed by atoms with Gasteiger partial charge >= 0.3 is 0 Å². The van der Waals surface area contributed by atoms with Gasteiger partial charge in [0, 0.05) is 28.8 Å². The van der Waals surface area contributed by atoms with Crippen LogP contribution in [0.1, 0.15) is 12.8 Å². The van der Waals surface area contributed by atoms with Gasteiger partial charge in [-0.05, 0) is 42.8 Å². The number of rotatable bonds is 5. The first-order valence-electron chi connectivity index (χ1n) is 7.81. The number of halogens is 2. The van der Waals surface area contributed by atoms with E-state index < -0.39 is 0 Å². The van der Waals surface area contributed by atoms with Crippen molar-refractivity contribution in [3.63, 3.8) is 0 Å². The summed E-state index contributed by atoms with van der Waals surface area (Å²) < 4.78 is 6.28. The molecule has 7 heteroatoms. The van der Waals surface area contributed by atoms with Crippen LogP contribution in [0.25, 0.3) is 0 Å². The van der Waals surface area contributed by atoms with E-state index >= 15 is 0 Å². The van der Waals surface area contributed by atoms with Gasteiger partial charge in [-0.25, -0.2) is 0 Å². The summed E-state index contributed by atoms with van der Waals surface area (Å²) in [6, 6.07) is 12.4. The molecule has 0 unspecified atom stereocenters. The van der Waals surface area contributed by atoms with Gasteiger partial charge in [-0.3, -0.25) is 9.59 Å². The number of hydrogen-bond donors (Lipinski definition) is 1. The summed E-state index contributed by atoms with van der Waals surface area (Å²) in [5.41, 5.74) is 1.40. The summed E-state index contributed by atoms with van der Waals surface area (Å²) in [4.78, 5) is 25.7. The van der Waals surface area contributed by atoms with Gasteiger partial charge in [-0.2, -0.15) is 0 Å². The second-order valence-electron chi connectivity index (χ2n) is 5.61. The van der Waals surface area contributed by atoms with Crippen LogP contribution in [0.15, 0.2) is 46.9 Å². The highest BCUT2D eigenvalue weighted by Gasteiger charge is 2.21. The van der Waals surface area contributed by atoms with Gasteiger partial charge in [-0.15, -0.1) is 0 Å². The third-order valence-corrected chi connectivity index (χ3v) is 4.57. The predicted octanol–water partition coefficient (Wildman–Crippen LogP) is 4.25. The maximum absolute atomic E-state index is 12.1. The van der Waals surface area contributed by atoms with Crippen LogP contribution in [0.3, 0.4) is 0 Å². The Morgan fingerprint density at radius 2 is 2.12 bits per heavy atom. The second kappa shape index (κ2) is 7.89. The van der Waals surface area contributed by atoms with Gasteiger partial charge in [-0.1, -0.05) is 33.6 Å². The first-order valence-corrected chi connectivity index (χ1v) is 8.98. The number of nitrogens with zero attached hydrogens (tertiary/aromatic N) is 1. The highest BCUT2D eigenvalue weighted by atomic mass is 79.9. The van der Waals surface area contributed by atoms with Gasteiger partial charge in [0.2, 0.25) is 5.91 Å². The first kappa shape index (κ1) is 17.8. The summed E-state index contributed by atoms with van der Waals surface area (Å²) in [6.07, 6.45) is 1.43. The van der Waals surface area contributed by atoms with Crippen LogP contribution in [0.2, 0.25) is 5.02 Å². The number of carbonyl (C=O) groups is 2. The Morgan fingerprint density at radius 1 is 1.28 bits per heavy atom. The minimum Gasteiger partial charge on any atom is -0.482 e. The minimum atomic E-state index is -0.305. The SMILES string of the molecule is O=C(COc1cc(Br)ccc1Cl)Nc1cccc(N2CCCC2=O)c1. The number of ether oxygens (including phenoxy) is 1. The number of benzene rings is 2. The number of nitrogens with one attached hydrogen (secondary N) is 1. The fraction of sp³-hybridized carbons (Fsp3) is 0.222. The third-order valence-electron chi connectivity index (χ3n) is 3.77. The lowest BCUT2D eigenvalue weighted by atomic mass is 10.2. The van der Waals surface area contributed by atoms with Crippen molar-refractivity contribution in [2.24, 2.45) is 0 Å². The molecule has 1 N–H and O–H groups in total. The molecule has 2 aromatic carbocycles. The molecule has 0 aliphatic carbocycles. The lowest BCUT2D eigenvalue weighted by molar-refractivity contribution is -0.118. The summed E-state index contributed by atoms with van der Waals surface area (Å²) in [5.74, 6) is 0.236. The molecule has 0 radical (unpaired) electrons. The van der Waals surface area contributed by atoms with Crippen LogP contribution in [-0.2, 0) is 9.59 Å². The minimum absolute atomic E-state index is 0.108. The Hall–Kier alpha value is -2.05. The molecule has 1 saturated heterocycles. The maximum atomic E-state index is 12.1. The van der Waals surface area contributed by atoms with Crippen molar-refractivity contribution in [3.05, 3.63) is 52.0 Å². The molecular formula is C18H16BrClN2O3. The van der Waals surface area contributed by atoms with Crippen molar-refractivity contribution in [2.45, 2.75) is 12.8 Å². The van der Waals surface area contributed by atoms with Gasteiger partial charge in [0.1, 0.15) is 5.75 Å². The molecule has 25 heavy (non-hydrogen) atoms. The Labute approximate surface area is 159 Å². The number of carbonyl (C=O) groups excluding carboxylic acids is 2. The zero-order valence-corrected chi connectivity index (χ0v) is 15.6. The Kier molecular flexibility index (Phi) is 5.60. The Morgan fingerprint density at radius 3 is 2.88 bits per heavy atom. The Bertz CT molecular complexity index is 813. The van der Waals surface area contributed by atoms with Crippen molar-refractivity contribution >= 4 is 50.7 Å². The third kappa shape index (κ3) is 4.52. The normalized spacial score (nSPS) is 13.8. The first-order chi connectivity index (χ1) is 12.0. The monoisotopic (exact) mass is 422 g/mol. The molecule has 3 rings (SSSR count). The topological polar surface area (TPSA) is 58.6 Å². The van der Waals surface area contributed by atoms with Gasteiger partial charge < -0.3 is 15.0 Å². The molecular weight excluding hydrogens is 408 g/mol. The summed E-state index contributed by atoms with van der Waals surface area (Å²) in [5, 5.41) is 3.20. The van der Waals surface area contributed by atoms with E-state index in [1.54, 1.807) is 35.2 Å². The molecule has 0 bridgehead atoms. The highest BCUT2D eigenvalue weighted by molar-refractivity contribution is 9.10. The van der Waals surface area contributed by atoms with E-state index in [9.17, 15) is 9.59 Å². The van der Waals surface area contributed by atoms with Crippen molar-refractivity contribution in [1.82, 2.24) is 0 Å². The molecule has 1 aliphatic heterocycles. The number of anilines is 2. The van der Waals surface area contributed by atoms with Crippen molar-refractivity contribution in [2.75, 3.05) is 23.4 Å². The molecule has 2 amide bonds. The van der Waals surface area contributed by atoms with Gasteiger partial charge in [0.25, 0.3) is 5.91 Å². The van der Waals surface area contributed by atoms with Gasteiger partial charge in [0.15, 0.2) is 6.61 Å². The highest BCUT2D eigenvalue weighted by Crippen LogP contribution is 2.28. The average molecular weight is 424 g/mol. The zero-order chi connectivity index (χ0) is 17.8. The molecule has 5 nitrogen and oxygen atoms in total. The summed E-state index contributed by atoms with van der Waals surface area (Å²) in [6.45, 7) is 0.545. The van der Waals surface area contributed by atoms with E-state index in [1.807, 2.05) is 12.1 Å². The molecule has 1 aliphatic rings. The van der Waals surface area contributed by atoms with Crippen molar-refractivity contribution in [1.29, 1.82) is 0 Å². The van der Waals surface area contributed by atoms with E-state index in [0.717, 1.165) is 16.6 Å². The van der Waals surface area contributed by atoms with Crippen LogP contribution < -0.4 is 15.0 Å². The van der Waals surface area contributed by atoms with E-state index in [1.165, 1.54) is 0 Å². The second-order valence-corrected chi connectivity index (χ2v) is 6.93. The lowest BCUT2D eigenvalue weighted by Gasteiger charge is -2.17. The quantitative estimate of drug-likeness (QED) is 0.782. The summed E-state index contributed by atoms with van der Waals surface area (Å²) in [7, 11) is 0. The van der Waals surface area contributed by atoms with Crippen LogP contribution in [0.5, 0.6) is 5.75 Å². The summed E-state index contributed by atoms with van der Waals surface area (Å²) >= 11 is 9.36.